The summed E-state index contributed by atoms with van der Waals surface area (Å²) >= 11 is 1.05. The Morgan fingerprint density at radius 3 is 2.73 bits per heavy atom. The Kier molecular flexibility index (Phi) is 3.59. The molecule has 1 aliphatic carbocycles. The van der Waals surface area contributed by atoms with E-state index in [1.807, 2.05) is 19.9 Å². The second-order valence-corrected chi connectivity index (χ2v) is 8.32. The summed E-state index contributed by atoms with van der Waals surface area (Å²) in [4.78, 5) is 33.9. The van der Waals surface area contributed by atoms with E-state index in [9.17, 15) is 14.7 Å². The van der Waals surface area contributed by atoms with Gasteiger partial charge in [0.1, 0.15) is 9.71 Å². The van der Waals surface area contributed by atoms with Gasteiger partial charge in [-0.1, -0.05) is 19.9 Å². The predicted octanol–water partition coefficient (Wildman–Crippen LogP) is 3.79. The van der Waals surface area contributed by atoms with Crippen molar-refractivity contribution < 1.29 is 14.7 Å². The van der Waals surface area contributed by atoms with Crippen LogP contribution in [0.1, 0.15) is 46.0 Å². The molecule has 0 atom stereocenters. The number of carboxylic acid groups (broad SMARTS) is 1. The van der Waals surface area contributed by atoms with Gasteiger partial charge in [-0.2, -0.15) is 0 Å². The number of rotatable bonds is 2. The van der Waals surface area contributed by atoms with E-state index < -0.39 is 5.97 Å². The number of fused-ring (bicyclic) bond motifs is 2. The van der Waals surface area contributed by atoms with Crippen LogP contribution in [0.3, 0.4) is 0 Å². The van der Waals surface area contributed by atoms with Crippen LogP contribution in [0.4, 0.5) is 5.69 Å². The molecule has 3 aromatic heterocycles. The Labute approximate surface area is 153 Å². The first kappa shape index (κ1) is 16.7. The summed E-state index contributed by atoms with van der Waals surface area (Å²) in [6.07, 6.45) is 4.38. The molecule has 3 heterocycles. The van der Waals surface area contributed by atoms with Gasteiger partial charge in [-0.3, -0.25) is 9.78 Å². The van der Waals surface area contributed by atoms with Crippen LogP contribution in [0.25, 0.3) is 21.3 Å². The smallest absolute Gasteiger partial charge is 0.348 e. The Morgan fingerprint density at radius 1 is 1.31 bits per heavy atom. The van der Waals surface area contributed by atoms with Crippen LogP contribution < -0.4 is 5.73 Å². The summed E-state index contributed by atoms with van der Waals surface area (Å²) in [5, 5.41) is 9.99. The van der Waals surface area contributed by atoms with Gasteiger partial charge in [0.25, 0.3) is 0 Å². The predicted molar refractivity (Wildman–Crippen MR) is 101 cm³/mol. The number of hydrogen-bond donors (Lipinski definition) is 2. The van der Waals surface area contributed by atoms with Gasteiger partial charge in [0, 0.05) is 40.9 Å². The molecule has 0 saturated carbocycles. The number of nitrogen functional groups attached to an aromatic ring is 1. The standard InChI is InChI=1S/C19H17N3O3S/c1-19(2)6-10-13(11(23)7-19)12(9-4-3-5-21-8-9)14-15(20)16(18(24)25)26-17(14)22-10/h3-5,8H,6-7,20H2,1-2H3,(H,24,25). The Bertz CT molecular complexity index is 1070. The van der Waals surface area contributed by atoms with E-state index in [2.05, 4.69) is 9.97 Å². The second kappa shape index (κ2) is 5.60. The Hall–Kier alpha value is -2.80. The molecule has 4 rings (SSSR count). The average molecular weight is 367 g/mol. The monoisotopic (exact) mass is 367 g/mol. The van der Waals surface area contributed by atoms with Gasteiger partial charge in [0.05, 0.1) is 11.4 Å². The summed E-state index contributed by atoms with van der Waals surface area (Å²) in [5.41, 5.74) is 8.79. The minimum Gasteiger partial charge on any atom is -0.477 e. The molecule has 0 unspecified atom stereocenters. The van der Waals surface area contributed by atoms with Crippen molar-refractivity contribution in [2.24, 2.45) is 5.41 Å². The molecule has 0 amide bonds. The van der Waals surface area contributed by atoms with Gasteiger partial charge in [0.2, 0.25) is 0 Å². The number of aromatic nitrogens is 2. The normalized spacial score (nSPS) is 15.8. The second-order valence-electron chi connectivity index (χ2n) is 7.32. The molecule has 0 fully saturated rings. The van der Waals surface area contributed by atoms with E-state index in [0.29, 0.717) is 39.9 Å². The van der Waals surface area contributed by atoms with Crippen molar-refractivity contribution in [1.82, 2.24) is 9.97 Å². The highest BCUT2D eigenvalue weighted by atomic mass is 32.1. The summed E-state index contributed by atoms with van der Waals surface area (Å²) < 4.78 is 0. The maximum absolute atomic E-state index is 13.0. The molecule has 0 aliphatic heterocycles. The average Bonchev–Trinajstić information content (AvgIpc) is 2.89. The van der Waals surface area contributed by atoms with E-state index >= 15 is 0 Å². The van der Waals surface area contributed by atoms with Crippen molar-refractivity contribution in [3.05, 3.63) is 40.7 Å². The number of hydrogen-bond acceptors (Lipinski definition) is 6. The molecule has 0 saturated heterocycles. The summed E-state index contributed by atoms with van der Waals surface area (Å²) in [6.45, 7) is 4.07. The lowest BCUT2D eigenvalue weighted by molar-refractivity contribution is 0.0703. The number of nitrogens with two attached hydrogens (primary N) is 1. The number of thiophene rings is 1. The number of Topliss-reactive ketones (excluding diaryl/α,β-unsaturated/α-hetero) is 1. The number of aromatic carboxylic acids is 1. The number of nitrogens with zero attached hydrogens (tertiary/aromatic N) is 2. The molecule has 0 bridgehead atoms. The first-order valence-corrected chi connectivity index (χ1v) is 9.02. The highest BCUT2D eigenvalue weighted by Crippen LogP contribution is 2.45. The molecule has 26 heavy (non-hydrogen) atoms. The highest BCUT2D eigenvalue weighted by Gasteiger charge is 2.36. The van der Waals surface area contributed by atoms with E-state index in [0.717, 1.165) is 16.9 Å². The van der Waals surface area contributed by atoms with Gasteiger partial charge >= 0.3 is 5.97 Å². The minimum atomic E-state index is -1.09. The third kappa shape index (κ3) is 2.47. The Morgan fingerprint density at radius 2 is 2.08 bits per heavy atom. The molecule has 3 aromatic rings. The van der Waals surface area contributed by atoms with Crippen LogP contribution in [0.15, 0.2) is 24.5 Å². The third-order valence-electron chi connectivity index (χ3n) is 4.66. The number of ketones is 1. The summed E-state index contributed by atoms with van der Waals surface area (Å²) in [7, 11) is 0. The first-order chi connectivity index (χ1) is 12.3. The van der Waals surface area contributed by atoms with Gasteiger partial charge < -0.3 is 10.8 Å². The maximum atomic E-state index is 13.0. The fraction of sp³-hybridized carbons (Fsp3) is 0.263. The lowest BCUT2D eigenvalue weighted by Crippen LogP contribution is -2.28. The fourth-order valence-corrected chi connectivity index (χ4v) is 4.59. The van der Waals surface area contributed by atoms with E-state index in [1.165, 1.54) is 0 Å². The number of carboxylic acids is 1. The fourth-order valence-electron chi connectivity index (χ4n) is 3.62. The molecule has 3 N–H and O–H groups in total. The third-order valence-corrected chi connectivity index (χ3v) is 5.75. The van der Waals surface area contributed by atoms with Crippen molar-refractivity contribution >= 4 is 39.0 Å². The largest absolute Gasteiger partial charge is 0.477 e. The molecular weight excluding hydrogens is 350 g/mol. The van der Waals surface area contributed by atoms with E-state index in [-0.39, 0.29) is 21.8 Å². The lowest BCUT2D eigenvalue weighted by atomic mass is 9.73. The van der Waals surface area contributed by atoms with Crippen LogP contribution >= 0.6 is 11.3 Å². The molecule has 0 radical (unpaired) electrons. The topological polar surface area (TPSA) is 106 Å². The zero-order valence-corrected chi connectivity index (χ0v) is 15.2. The van der Waals surface area contributed by atoms with E-state index in [4.69, 9.17) is 5.73 Å². The van der Waals surface area contributed by atoms with Gasteiger partial charge in [0.15, 0.2) is 5.78 Å². The molecular formula is C19H17N3O3S. The zero-order valence-electron chi connectivity index (χ0n) is 14.4. The van der Waals surface area contributed by atoms with Crippen molar-refractivity contribution in [3.8, 4) is 11.1 Å². The molecule has 7 heteroatoms. The van der Waals surface area contributed by atoms with Crippen molar-refractivity contribution in [1.29, 1.82) is 0 Å². The zero-order chi connectivity index (χ0) is 18.6. The summed E-state index contributed by atoms with van der Waals surface area (Å²) in [6, 6.07) is 3.64. The van der Waals surface area contributed by atoms with Crippen LogP contribution in [-0.2, 0) is 6.42 Å². The maximum Gasteiger partial charge on any atom is 0.348 e. The van der Waals surface area contributed by atoms with Crippen LogP contribution in [0, 0.1) is 5.41 Å². The first-order valence-electron chi connectivity index (χ1n) is 8.20. The van der Waals surface area contributed by atoms with Crippen LogP contribution in [0.5, 0.6) is 0 Å². The minimum absolute atomic E-state index is 0.00646. The molecule has 1 aliphatic rings. The van der Waals surface area contributed by atoms with Crippen molar-refractivity contribution in [3.63, 3.8) is 0 Å². The SMILES string of the molecule is CC1(C)CC(=O)c2c(nc3sc(C(=O)O)c(N)c3c2-c2cccnc2)C1. The molecule has 0 spiro atoms. The number of carbonyl (C=O) groups excluding carboxylic acids is 1. The number of anilines is 1. The Balaban J connectivity index is 2.16. The molecule has 132 valence electrons. The van der Waals surface area contributed by atoms with Crippen molar-refractivity contribution in [2.45, 2.75) is 26.7 Å². The van der Waals surface area contributed by atoms with Gasteiger partial charge in [-0.25, -0.2) is 9.78 Å². The van der Waals surface area contributed by atoms with Gasteiger partial charge in [-0.15, -0.1) is 11.3 Å². The van der Waals surface area contributed by atoms with Crippen LogP contribution in [0.2, 0.25) is 0 Å². The number of pyridine rings is 2. The van der Waals surface area contributed by atoms with Gasteiger partial charge in [-0.05, 0) is 17.9 Å². The summed E-state index contributed by atoms with van der Waals surface area (Å²) in [5.74, 6) is -1.08. The lowest BCUT2D eigenvalue weighted by Gasteiger charge is -2.30. The van der Waals surface area contributed by atoms with Crippen LogP contribution in [-0.4, -0.2) is 26.8 Å². The highest BCUT2D eigenvalue weighted by molar-refractivity contribution is 7.21. The van der Waals surface area contributed by atoms with Crippen molar-refractivity contribution in [2.75, 3.05) is 5.73 Å². The molecule has 0 aromatic carbocycles. The molecule has 6 nitrogen and oxygen atoms in total. The quantitative estimate of drug-likeness (QED) is 0.714. The number of carbonyl (C=O) groups is 2. The van der Waals surface area contributed by atoms with E-state index in [1.54, 1.807) is 18.5 Å².